The molecule has 0 saturated heterocycles. The van der Waals surface area contributed by atoms with E-state index in [1.165, 1.54) is 18.3 Å². The number of nitrogens with one attached hydrogen (secondary N) is 2. The largest absolute Gasteiger partial charge is 0.486 e. The van der Waals surface area contributed by atoms with Crippen LogP contribution >= 0.6 is 34.5 Å². The molecule has 0 radical (unpaired) electrons. The van der Waals surface area contributed by atoms with Gasteiger partial charge in [-0.15, -0.1) is 11.3 Å². The van der Waals surface area contributed by atoms with Crippen molar-refractivity contribution >= 4 is 57.7 Å². The molecular formula is C19H15Cl2N3O3S. The molecule has 0 aliphatic rings. The number of carbonyl (C=O) groups is 2. The number of benzene rings is 2. The van der Waals surface area contributed by atoms with Gasteiger partial charge >= 0.3 is 0 Å². The molecule has 0 bridgehead atoms. The molecule has 28 heavy (non-hydrogen) atoms. The summed E-state index contributed by atoms with van der Waals surface area (Å²) in [5.41, 5.74) is 1.24. The number of aromatic nitrogens is 1. The second kappa shape index (κ2) is 9.05. The van der Waals surface area contributed by atoms with E-state index in [4.69, 9.17) is 27.9 Å². The Morgan fingerprint density at radius 3 is 2.54 bits per heavy atom. The van der Waals surface area contributed by atoms with Gasteiger partial charge in [-0.3, -0.25) is 9.59 Å². The van der Waals surface area contributed by atoms with Gasteiger partial charge in [0.25, 0.3) is 5.91 Å². The minimum absolute atomic E-state index is 0.205. The van der Waals surface area contributed by atoms with E-state index in [2.05, 4.69) is 15.6 Å². The summed E-state index contributed by atoms with van der Waals surface area (Å²) >= 11 is 13.3. The minimum Gasteiger partial charge on any atom is -0.486 e. The summed E-state index contributed by atoms with van der Waals surface area (Å²) in [4.78, 5) is 27.8. The first kappa shape index (κ1) is 20.1. The molecule has 3 rings (SSSR count). The Hall–Kier alpha value is -2.61. The molecular weight excluding hydrogens is 421 g/mol. The van der Waals surface area contributed by atoms with Crippen molar-refractivity contribution in [3.8, 4) is 5.75 Å². The number of anilines is 2. The zero-order valence-corrected chi connectivity index (χ0v) is 17.0. The van der Waals surface area contributed by atoms with Crippen molar-refractivity contribution in [2.24, 2.45) is 0 Å². The Morgan fingerprint density at radius 2 is 1.86 bits per heavy atom. The van der Waals surface area contributed by atoms with Gasteiger partial charge in [-0.05, 0) is 42.5 Å². The molecule has 0 aliphatic heterocycles. The lowest BCUT2D eigenvalue weighted by Crippen LogP contribution is -2.13. The number of hydrogen-bond donors (Lipinski definition) is 2. The van der Waals surface area contributed by atoms with Crippen molar-refractivity contribution in [2.45, 2.75) is 13.5 Å². The summed E-state index contributed by atoms with van der Waals surface area (Å²) in [5, 5.41) is 8.57. The van der Waals surface area contributed by atoms with Gasteiger partial charge in [-0.2, -0.15) is 0 Å². The van der Waals surface area contributed by atoms with E-state index in [9.17, 15) is 9.59 Å². The van der Waals surface area contributed by atoms with Gasteiger partial charge in [0.2, 0.25) is 5.91 Å². The lowest BCUT2D eigenvalue weighted by molar-refractivity contribution is -0.114. The van der Waals surface area contributed by atoms with Crippen LogP contribution in [0.4, 0.5) is 11.4 Å². The molecule has 0 fully saturated rings. The summed E-state index contributed by atoms with van der Waals surface area (Å²) in [6.45, 7) is 1.64. The van der Waals surface area contributed by atoms with Gasteiger partial charge < -0.3 is 15.4 Å². The quantitative estimate of drug-likeness (QED) is 0.554. The standard InChI is InChI=1S/C19H15Cl2N3O3S/c1-11(25)22-13-4-7-16(15(21)8-13)24-19(26)17-10-28-18(23-17)9-27-14-5-2-12(20)3-6-14/h2-8,10H,9H2,1H3,(H,22,25)(H,24,26). The number of hydrogen-bond acceptors (Lipinski definition) is 5. The number of halogens is 2. The van der Waals surface area contributed by atoms with Gasteiger partial charge in [0.1, 0.15) is 23.1 Å². The van der Waals surface area contributed by atoms with E-state index in [0.29, 0.717) is 32.2 Å². The monoisotopic (exact) mass is 435 g/mol. The molecule has 0 unspecified atom stereocenters. The van der Waals surface area contributed by atoms with Crippen LogP contribution in [-0.2, 0) is 11.4 Å². The fraction of sp³-hybridized carbons (Fsp3) is 0.105. The number of carbonyl (C=O) groups excluding carboxylic acids is 2. The van der Waals surface area contributed by atoms with Crippen molar-refractivity contribution in [2.75, 3.05) is 10.6 Å². The molecule has 0 spiro atoms. The van der Waals surface area contributed by atoms with Crippen molar-refractivity contribution in [3.05, 3.63) is 68.6 Å². The normalized spacial score (nSPS) is 10.4. The molecule has 9 heteroatoms. The van der Waals surface area contributed by atoms with Gasteiger partial charge in [0.05, 0.1) is 10.7 Å². The highest BCUT2D eigenvalue weighted by atomic mass is 35.5. The van der Waals surface area contributed by atoms with E-state index in [-0.39, 0.29) is 24.1 Å². The van der Waals surface area contributed by atoms with Crippen LogP contribution < -0.4 is 15.4 Å². The zero-order chi connectivity index (χ0) is 20.1. The van der Waals surface area contributed by atoms with Gasteiger partial charge in [0, 0.05) is 23.0 Å². The van der Waals surface area contributed by atoms with Gasteiger partial charge in [-0.25, -0.2) is 4.98 Å². The molecule has 0 saturated carbocycles. The average Bonchev–Trinajstić information content (AvgIpc) is 3.12. The molecule has 0 atom stereocenters. The van der Waals surface area contributed by atoms with Crippen molar-refractivity contribution < 1.29 is 14.3 Å². The number of amides is 2. The molecule has 144 valence electrons. The maximum absolute atomic E-state index is 12.4. The Balaban J connectivity index is 1.60. The van der Waals surface area contributed by atoms with E-state index in [1.807, 2.05) is 0 Å². The van der Waals surface area contributed by atoms with Crippen molar-refractivity contribution in [1.82, 2.24) is 4.98 Å². The molecule has 1 aromatic heterocycles. The van der Waals surface area contributed by atoms with Crippen molar-refractivity contribution in [1.29, 1.82) is 0 Å². The van der Waals surface area contributed by atoms with Gasteiger partial charge in [-0.1, -0.05) is 23.2 Å². The number of ether oxygens (including phenoxy) is 1. The first-order valence-electron chi connectivity index (χ1n) is 8.12. The second-order valence-corrected chi connectivity index (χ2v) is 7.49. The average molecular weight is 436 g/mol. The lowest BCUT2D eigenvalue weighted by Gasteiger charge is -2.08. The predicted octanol–water partition coefficient (Wildman–Crippen LogP) is 5.24. The minimum atomic E-state index is -0.386. The first-order valence-corrected chi connectivity index (χ1v) is 9.75. The highest BCUT2D eigenvalue weighted by Gasteiger charge is 2.13. The highest BCUT2D eigenvalue weighted by Crippen LogP contribution is 2.26. The van der Waals surface area contributed by atoms with Crippen LogP contribution in [0, 0.1) is 0 Å². The van der Waals surface area contributed by atoms with Crippen LogP contribution in [0.2, 0.25) is 10.0 Å². The molecule has 1 heterocycles. The molecule has 3 aromatic rings. The third-order valence-corrected chi connectivity index (χ3v) is 4.88. The molecule has 6 nitrogen and oxygen atoms in total. The fourth-order valence-electron chi connectivity index (χ4n) is 2.24. The predicted molar refractivity (Wildman–Crippen MR) is 112 cm³/mol. The molecule has 2 aromatic carbocycles. The Bertz CT molecular complexity index is 1010. The summed E-state index contributed by atoms with van der Waals surface area (Å²) in [6.07, 6.45) is 0. The summed E-state index contributed by atoms with van der Waals surface area (Å²) in [6, 6.07) is 11.8. The zero-order valence-electron chi connectivity index (χ0n) is 14.7. The lowest BCUT2D eigenvalue weighted by atomic mass is 10.2. The summed E-state index contributed by atoms with van der Waals surface area (Å²) in [7, 11) is 0. The third kappa shape index (κ3) is 5.45. The van der Waals surface area contributed by atoms with Crippen LogP contribution in [0.1, 0.15) is 22.4 Å². The summed E-state index contributed by atoms with van der Waals surface area (Å²) < 4.78 is 5.62. The van der Waals surface area contributed by atoms with Crippen LogP contribution in [0.5, 0.6) is 5.75 Å². The maximum atomic E-state index is 12.4. The Labute approximate surface area is 175 Å². The third-order valence-electron chi connectivity index (χ3n) is 3.50. The first-order chi connectivity index (χ1) is 13.4. The molecule has 2 N–H and O–H groups in total. The van der Waals surface area contributed by atoms with Crippen LogP contribution in [0.25, 0.3) is 0 Å². The van der Waals surface area contributed by atoms with Crippen LogP contribution in [-0.4, -0.2) is 16.8 Å². The van der Waals surface area contributed by atoms with E-state index in [0.717, 1.165) is 0 Å². The Morgan fingerprint density at radius 1 is 1.11 bits per heavy atom. The summed E-state index contributed by atoms with van der Waals surface area (Å²) in [5.74, 6) is 0.0727. The maximum Gasteiger partial charge on any atom is 0.275 e. The highest BCUT2D eigenvalue weighted by molar-refractivity contribution is 7.09. The SMILES string of the molecule is CC(=O)Nc1ccc(NC(=O)c2csc(COc3ccc(Cl)cc3)n2)c(Cl)c1. The Kier molecular flexibility index (Phi) is 6.51. The smallest absolute Gasteiger partial charge is 0.275 e. The molecule has 2 amide bonds. The number of thiazole rings is 1. The second-order valence-electron chi connectivity index (χ2n) is 5.70. The van der Waals surface area contributed by atoms with E-state index >= 15 is 0 Å². The van der Waals surface area contributed by atoms with Crippen LogP contribution in [0.3, 0.4) is 0 Å². The number of nitrogens with zero attached hydrogens (tertiary/aromatic N) is 1. The number of rotatable bonds is 6. The van der Waals surface area contributed by atoms with E-state index in [1.54, 1.807) is 47.8 Å². The fourth-order valence-corrected chi connectivity index (χ4v) is 3.28. The van der Waals surface area contributed by atoms with E-state index < -0.39 is 0 Å². The molecule has 0 aliphatic carbocycles. The van der Waals surface area contributed by atoms with Crippen molar-refractivity contribution in [3.63, 3.8) is 0 Å². The van der Waals surface area contributed by atoms with Gasteiger partial charge in [0.15, 0.2) is 0 Å². The van der Waals surface area contributed by atoms with Crippen LogP contribution in [0.15, 0.2) is 47.8 Å². The topological polar surface area (TPSA) is 80.3 Å².